The van der Waals surface area contributed by atoms with Gasteiger partial charge in [0.15, 0.2) is 5.78 Å². The van der Waals surface area contributed by atoms with Gasteiger partial charge in [0, 0.05) is 28.9 Å². The van der Waals surface area contributed by atoms with E-state index in [-0.39, 0.29) is 5.78 Å². The van der Waals surface area contributed by atoms with Crippen LogP contribution in [0.2, 0.25) is 0 Å². The Kier molecular flexibility index (Phi) is 3.69. The molecule has 0 amide bonds. The molecule has 4 heteroatoms. The molecule has 0 aliphatic carbocycles. The summed E-state index contributed by atoms with van der Waals surface area (Å²) in [6.07, 6.45) is 4.35. The van der Waals surface area contributed by atoms with E-state index in [9.17, 15) is 4.79 Å². The minimum absolute atomic E-state index is 0.0313. The lowest BCUT2D eigenvalue weighted by molar-refractivity contribution is 0.104. The lowest BCUT2D eigenvalue weighted by Crippen LogP contribution is -2.02. The molecule has 0 aliphatic rings. The molecule has 3 rings (SSSR count). The van der Waals surface area contributed by atoms with Gasteiger partial charge in [0.1, 0.15) is 11.4 Å². The van der Waals surface area contributed by atoms with Crippen LogP contribution in [0, 0.1) is 0 Å². The van der Waals surface area contributed by atoms with Crippen molar-refractivity contribution in [2.45, 2.75) is 13.3 Å². The number of fused-ring (bicyclic) bond motifs is 1. The number of nitrogens with one attached hydrogen (secondary N) is 1. The summed E-state index contributed by atoms with van der Waals surface area (Å²) in [4.78, 5) is 19.9. The predicted molar refractivity (Wildman–Crippen MR) is 81.8 cm³/mol. The standard InChI is InChI=1S/C17H16N2O2/c1-2-9-21-13-6-3-5-12(10-13)16(20)15-11-19-17-14(15)7-4-8-18-17/h3-8,10-11H,2,9H2,1H3,(H,18,19). The van der Waals surface area contributed by atoms with Crippen LogP contribution in [0.1, 0.15) is 29.3 Å². The highest BCUT2D eigenvalue weighted by Gasteiger charge is 2.15. The molecule has 0 atom stereocenters. The molecular formula is C17H16N2O2. The van der Waals surface area contributed by atoms with Gasteiger partial charge in [-0.05, 0) is 30.7 Å². The number of benzene rings is 1. The van der Waals surface area contributed by atoms with Crippen LogP contribution in [0.15, 0.2) is 48.8 Å². The normalized spacial score (nSPS) is 10.7. The Hall–Kier alpha value is -2.62. The molecule has 2 aromatic heterocycles. The first-order chi connectivity index (χ1) is 10.3. The number of ketones is 1. The Bertz CT molecular complexity index is 777. The lowest BCUT2D eigenvalue weighted by Gasteiger charge is -2.06. The van der Waals surface area contributed by atoms with E-state index in [4.69, 9.17) is 4.74 Å². The summed E-state index contributed by atoms with van der Waals surface area (Å²) in [7, 11) is 0. The molecule has 2 heterocycles. The average Bonchev–Trinajstić information content (AvgIpc) is 2.96. The van der Waals surface area contributed by atoms with E-state index < -0.39 is 0 Å². The zero-order valence-corrected chi connectivity index (χ0v) is 11.8. The van der Waals surface area contributed by atoms with E-state index in [1.165, 1.54) is 0 Å². The largest absolute Gasteiger partial charge is 0.494 e. The van der Waals surface area contributed by atoms with Gasteiger partial charge in [-0.25, -0.2) is 4.98 Å². The van der Waals surface area contributed by atoms with Crippen molar-refractivity contribution in [3.63, 3.8) is 0 Å². The summed E-state index contributed by atoms with van der Waals surface area (Å²) in [5.74, 6) is 0.692. The number of carbonyl (C=O) groups is 1. The fraction of sp³-hybridized carbons (Fsp3) is 0.176. The van der Waals surface area contributed by atoms with Crippen molar-refractivity contribution in [1.82, 2.24) is 9.97 Å². The Morgan fingerprint density at radius 1 is 1.29 bits per heavy atom. The maximum absolute atomic E-state index is 12.6. The molecule has 106 valence electrons. The number of rotatable bonds is 5. The zero-order valence-electron chi connectivity index (χ0n) is 11.8. The van der Waals surface area contributed by atoms with E-state index >= 15 is 0 Å². The zero-order chi connectivity index (χ0) is 14.7. The van der Waals surface area contributed by atoms with Crippen molar-refractivity contribution in [2.24, 2.45) is 0 Å². The summed E-state index contributed by atoms with van der Waals surface area (Å²) in [6.45, 7) is 2.70. The van der Waals surface area contributed by atoms with Crippen LogP contribution in [0.4, 0.5) is 0 Å². The number of ether oxygens (including phenoxy) is 1. The SMILES string of the molecule is CCCOc1cccc(C(=O)c2c[nH]c3ncccc23)c1. The van der Waals surface area contributed by atoms with Gasteiger partial charge in [-0.3, -0.25) is 4.79 Å². The molecule has 0 radical (unpaired) electrons. The Labute approximate surface area is 122 Å². The molecule has 3 aromatic rings. The number of carbonyl (C=O) groups excluding carboxylic acids is 1. The summed E-state index contributed by atoms with van der Waals surface area (Å²) >= 11 is 0. The molecule has 0 saturated carbocycles. The van der Waals surface area contributed by atoms with Gasteiger partial charge in [-0.15, -0.1) is 0 Å². The van der Waals surface area contributed by atoms with E-state index in [2.05, 4.69) is 9.97 Å². The Morgan fingerprint density at radius 2 is 2.19 bits per heavy atom. The van der Waals surface area contributed by atoms with Gasteiger partial charge in [0.05, 0.1) is 6.61 Å². The molecule has 1 aromatic carbocycles. The summed E-state index contributed by atoms with van der Waals surface area (Å²) < 4.78 is 5.58. The van der Waals surface area contributed by atoms with E-state index in [0.29, 0.717) is 17.7 Å². The van der Waals surface area contributed by atoms with Crippen LogP contribution in [-0.4, -0.2) is 22.4 Å². The van der Waals surface area contributed by atoms with Crippen molar-refractivity contribution < 1.29 is 9.53 Å². The van der Waals surface area contributed by atoms with Crippen LogP contribution < -0.4 is 4.74 Å². The van der Waals surface area contributed by atoms with E-state index in [1.54, 1.807) is 24.5 Å². The van der Waals surface area contributed by atoms with Crippen LogP contribution in [0.5, 0.6) is 5.75 Å². The number of aromatic nitrogens is 2. The van der Waals surface area contributed by atoms with Gasteiger partial charge in [0.2, 0.25) is 0 Å². The van der Waals surface area contributed by atoms with Gasteiger partial charge in [-0.1, -0.05) is 19.1 Å². The van der Waals surface area contributed by atoms with Gasteiger partial charge < -0.3 is 9.72 Å². The number of nitrogens with zero attached hydrogens (tertiary/aromatic N) is 1. The first-order valence-electron chi connectivity index (χ1n) is 6.99. The molecular weight excluding hydrogens is 264 g/mol. The van der Waals surface area contributed by atoms with Gasteiger partial charge >= 0.3 is 0 Å². The topological polar surface area (TPSA) is 55.0 Å². The second kappa shape index (κ2) is 5.79. The number of aromatic amines is 1. The number of H-pyrrole nitrogens is 1. The quantitative estimate of drug-likeness (QED) is 0.727. The van der Waals surface area contributed by atoms with Crippen LogP contribution in [0.3, 0.4) is 0 Å². The van der Waals surface area contributed by atoms with Crippen molar-refractivity contribution in [3.05, 3.63) is 59.9 Å². The number of hydrogen-bond donors (Lipinski definition) is 1. The van der Waals surface area contributed by atoms with Crippen LogP contribution >= 0.6 is 0 Å². The summed E-state index contributed by atoms with van der Waals surface area (Å²) in [6, 6.07) is 11.0. The monoisotopic (exact) mass is 280 g/mol. The Morgan fingerprint density at radius 3 is 3.05 bits per heavy atom. The highest BCUT2D eigenvalue weighted by molar-refractivity contribution is 6.16. The molecule has 21 heavy (non-hydrogen) atoms. The molecule has 0 aliphatic heterocycles. The maximum Gasteiger partial charge on any atom is 0.195 e. The number of hydrogen-bond acceptors (Lipinski definition) is 3. The Balaban J connectivity index is 1.94. The maximum atomic E-state index is 12.6. The molecule has 0 saturated heterocycles. The van der Waals surface area contributed by atoms with Crippen molar-refractivity contribution in [3.8, 4) is 5.75 Å². The average molecular weight is 280 g/mol. The fourth-order valence-electron chi connectivity index (χ4n) is 2.25. The molecule has 0 fully saturated rings. The first-order valence-corrected chi connectivity index (χ1v) is 6.99. The minimum Gasteiger partial charge on any atom is -0.494 e. The van der Waals surface area contributed by atoms with E-state index in [1.807, 2.05) is 31.2 Å². The molecule has 0 spiro atoms. The smallest absolute Gasteiger partial charge is 0.195 e. The highest BCUT2D eigenvalue weighted by Crippen LogP contribution is 2.21. The summed E-state index contributed by atoms with van der Waals surface area (Å²) in [5, 5.41) is 0.836. The van der Waals surface area contributed by atoms with Gasteiger partial charge in [-0.2, -0.15) is 0 Å². The second-order valence-corrected chi connectivity index (χ2v) is 4.81. The van der Waals surface area contributed by atoms with Crippen LogP contribution in [0.25, 0.3) is 11.0 Å². The molecule has 0 unspecified atom stereocenters. The lowest BCUT2D eigenvalue weighted by atomic mass is 10.0. The third-order valence-corrected chi connectivity index (χ3v) is 3.26. The van der Waals surface area contributed by atoms with Gasteiger partial charge in [0.25, 0.3) is 0 Å². The van der Waals surface area contributed by atoms with Crippen molar-refractivity contribution >= 4 is 16.8 Å². The van der Waals surface area contributed by atoms with Crippen LogP contribution in [-0.2, 0) is 0 Å². The molecule has 4 nitrogen and oxygen atoms in total. The minimum atomic E-state index is -0.0313. The van der Waals surface area contributed by atoms with E-state index in [0.717, 1.165) is 23.2 Å². The fourth-order valence-corrected chi connectivity index (χ4v) is 2.25. The third-order valence-electron chi connectivity index (χ3n) is 3.26. The third kappa shape index (κ3) is 2.65. The molecule has 0 bridgehead atoms. The van der Waals surface area contributed by atoms with Crippen molar-refractivity contribution in [2.75, 3.05) is 6.61 Å². The molecule has 1 N–H and O–H groups in total. The summed E-state index contributed by atoms with van der Waals surface area (Å²) in [5.41, 5.74) is 1.97. The van der Waals surface area contributed by atoms with Crippen molar-refractivity contribution in [1.29, 1.82) is 0 Å². The highest BCUT2D eigenvalue weighted by atomic mass is 16.5. The first kappa shape index (κ1) is 13.4. The number of pyridine rings is 1. The predicted octanol–water partition coefficient (Wildman–Crippen LogP) is 3.58. The second-order valence-electron chi connectivity index (χ2n) is 4.81.